The fourth-order valence-corrected chi connectivity index (χ4v) is 3.23. The van der Waals surface area contributed by atoms with Gasteiger partial charge in [0, 0.05) is 6.42 Å². The summed E-state index contributed by atoms with van der Waals surface area (Å²) in [5, 5.41) is 12.8. The van der Waals surface area contributed by atoms with Gasteiger partial charge in [0.15, 0.2) is 0 Å². The SMILES string of the molecule is CNS(=O)(=O)c1ccc(CNc2nnc(CC(C)C)s2)o1. The molecule has 9 heteroatoms. The van der Waals surface area contributed by atoms with Crippen molar-refractivity contribution in [3.8, 4) is 0 Å². The van der Waals surface area contributed by atoms with Gasteiger partial charge < -0.3 is 9.73 Å². The van der Waals surface area contributed by atoms with Crippen molar-refractivity contribution in [2.24, 2.45) is 5.92 Å². The summed E-state index contributed by atoms with van der Waals surface area (Å²) in [6, 6.07) is 3.04. The predicted molar refractivity (Wildman–Crippen MR) is 80.7 cm³/mol. The second-order valence-corrected chi connectivity index (χ2v) is 7.76. The normalized spacial score (nSPS) is 12.0. The van der Waals surface area contributed by atoms with E-state index in [2.05, 4.69) is 34.1 Å². The molecule has 0 aliphatic heterocycles. The average Bonchev–Trinajstić information content (AvgIpc) is 3.05. The summed E-state index contributed by atoms with van der Waals surface area (Å²) in [7, 11) is -2.20. The van der Waals surface area contributed by atoms with Crippen molar-refractivity contribution in [3.63, 3.8) is 0 Å². The minimum atomic E-state index is -3.54. The predicted octanol–water partition coefficient (Wildman–Crippen LogP) is 1.85. The van der Waals surface area contributed by atoms with E-state index >= 15 is 0 Å². The van der Waals surface area contributed by atoms with Crippen LogP contribution in [0.25, 0.3) is 0 Å². The Labute approximate surface area is 127 Å². The molecule has 0 aliphatic rings. The number of aromatic nitrogens is 2. The van der Waals surface area contributed by atoms with Crippen LogP contribution in [0.5, 0.6) is 0 Å². The standard InChI is InChI=1S/C12H18N4O3S2/c1-8(2)6-10-15-16-12(20-10)14-7-9-4-5-11(19-9)21(17,18)13-3/h4-5,8,13H,6-7H2,1-3H3,(H,14,16). The molecule has 2 aromatic heterocycles. The lowest BCUT2D eigenvalue weighted by atomic mass is 10.1. The molecule has 2 N–H and O–H groups in total. The van der Waals surface area contributed by atoms with Crippen molar-refractivity contribution in [3.05, 3.63) is 22.9 Å². The maximum atomic E-state index is 11.5. The van der Waals surface area contributed by atoms with Gasteiger partial charge in [0.2, 0.25) is 10.2 Å². The molecule has 0 fully saturated rings. The van der Waals surface area contributed by atoms with Crippen LogP contribution in [0.1, 0.15) is 24.6 Å². The van der Waals surface area contributed by atoms with E-state index in [9.17, 15) is 8.42 Å². The highest BCUT2D eigenvalue weighted by molar-refractivity contribution is 7.89. The summed E-state index contributed by atoms with van der Waals surface area (Å²) in [5.74, 6) is 1.05. The lowest BCUT2D eigenvalue weighted by Crippen LogP contribution is -2.17. The Hall–Kier alpha value is -1.45. The Balaban J connectivity index is 1.96. The fraction of sp³-hybridized carbons (Fsp3) is 0.500. The second-order valence-electron chi connectivity index (χ2n) is 4.88. The molecule has 0 amide bonds. The van der Waals surface area contributed by atoms with Gasteiger partial charge in [-0.3, -0.25) is 0 Å². The zero-order valence-corrected chi connectivity index (χ0v) is 13.7. The summed E-state index contributed by atoms with van der Waals surface area (Å²) < 4.78 is 30.6. The highest BCUT2D eigenvalue weighted by Crippen LogP contribution is 2.20. The van der Waals surface area contributed by atoms with Crippen LogP contribution in [0.2, 0.25) is 0 Å². The molecular weight excluding hydrogens is 312 g/mol. The van der Waals surface area contributed by atoms with Gasteiger partial charge in [-0.25, -0.2) is 13.1 Å². The van der Waals surface area contributed by atoms with Gasteiger partial charge in [-0.2, -0.15) is 0 Å². The molecule has 116 valence electrons. The number of furan rings is 1. The highest BCUT2D eigenvalue weighted by atomic mass is 32.2. The van der Waals surface area contributed by atoms with Crippen LogP contribution in [0.3, 0.4) is 0 Å². The number of nitrogens with one attached hydrogen (secondary N) is 2. The lowest BCUT2D eigenvalue weighted by Gasteiger charge is -1.99. The molecule has 2 rings (SSSR count). The van der Waals surface area contributed by atoms with Crippen molar-refractivity contribution < 1.29 is 12.8 Å². The fourth-order valence-electron chi connectivity index (χ4n) is 1.62. The molecule has 0 bridgehead atoms. The molecule has 0 aliphatic carbocycles. The summed E-state index contributed by atoms with van der Waals surface area (Å²) >= 11 is 1.49. The third-order valence-corrected chi connectivity index (χ3v) is 4.82. The van der Waals surface area contributed by atoms with Gasteiger partial charge >= 0.3 is 0 Å². The van der Waals surface area contributed by atoms with E-state index in [1.54, 1.807) is 6.07 Å². The zero-order valence-electron chi connectivity index (χ0n) is 12.1. The van der Waals surface area contributed by atoms with E-state index in [1.807, 2.05) is 0 Å². The summed E-state index contributed by atoms with van der Waals surface area (Å²) in [4.78, 5) is 0. The minimum Gasteiger partial charge on any atom is -0.446 e. The number of hydrogen-bond acceptors (Lipinski definition) is 7. The van der Waals surface area contributed by atoms with E-state index in [4.69, 9.17) is 4.42 Å². The summed E-state index contributed by atoms with van der Waals surface area (Å²) in [6.07, 6.45) is 0.894. The number of sulfonamides is 1. The Morgan fingerprint density at radius 2 is 2.10 bits per heavy atom. The molecule has 0 saturated carbocycles. The van der Waals surface area contributed by atoms with Gasteiger partial charge in [-0.05, 0) is 25.1 Å². The Kier molecular flexibility index (Phi) is 4.96. The molecule has 0 unspecified atom stereocenters. The minimum absolute atomic E-state index is 0.0976. The van der Waals surface area contributed by atoms with Gasteiger partial charge in [-0.15, -0.1) is 10.2 Å². The molecule has 21 heavy (non-hydrogen) atoms. The van der Waals surface area contributed by atoms with Crippen LogP contribution in [0.15, 0.2) is 21.6 Å². The van der Waals surface area contributed by atoms with Gasteiger partial charge in [0.05, 0.1) is 6.54 Å². The largest absolute Gasteiger partial charge is 0.446 e. The first-order valence-corrected chi connectivity index (χ1v) is 8.79. The van der Waals surface area contributed by atoms with Crippen LogP contribution >= 0.6 is 11.3 Å². The third-order valence-electron chi connectivity index (χ3n) is 2.63. The maximum absolute atomic E-state index is 11.5. The van der Waals surface area contributed by atoms with Crippen LogP contribution < -0.4 is 10.0 Å². The number of rotatable bonds is 7. The number of hydrogen-bond donors (Lipinski definition) is 2. The molecule has 0 atom stereocenters. The van der Waals surface area contributed by atoms with Gasteiger partial charge in [-0.1, -0.05) is 25.2 Å². The summed E-state index contributed by atoms with van der Waals surface area (Å²) in [6.45, 7) is 4.61. The molecule has 0 saturated heterocycles. The van der Waals surface area contributed by atoms with Crippen molar-refractivity contribution in [1.29, 1.82) is 0 Å². The smallest absolute Gasteiger partial charge is 0.273 e. The quantitative estimate of drug-likeness (QED) is 0.804. The van der Waals surface area contributed by atoms with Crippen molar-refractivity contribution in [2.75, 3.05) is 12.4 Å². The Morgan fingerprint density at radius 1 is 1.33 bits per heavy atom. The molecule has 0 spiro atoms. The number of nitrogens with zero attached hydrogens (tertiary/aromatic N) is 2. The van der Waals surface area contributed by atoms with E-state index in [1.165, 1.54) is 24.5 Å². The zero-order chi connectivity index (χ0) is 15.5. The molecule has 2 heterocycles. The molecular formula is C12H18N4O3S2. The van der Waals surface area contributed by atoms with Crippen LogP contribution in [-0.2, 0) is 23.0 Å². The van der Waals surface area contributed by atoms with Crippen LogP contribution in [0.4, 0.5) is 5.13 Å². The third kappa shape index (κ3) is 4.26. The van der Waals surface area contributed by atoms with Crippen molar-refractivity contribution in [1.82, 2.24) is 14.9 Å². The number of anilines is 1. The average molecular weight is 330 g/mol. The van der Waals surface area contributed by atoms with E-state index < -0.39 is 10.0 Å². The molecule has 0 aromatic carbocycles. The van der Waals surface area contributed by atoms with Gasteiger partial charge in [0.1, 0.15) is 10.8 Å². The van der Waals surface area contributed by atoms with Crippen LogP contribution in [-0.4, -0.2) is 25.7 Å². The first kappa shape index (κ1) is 15.9. The Bertz CT molecular complexity index is 691. The van der Waals surface area contributed by atoms with E-state index in [0.29, 0.717) is 23.4 Å². The Morgan fingerprint density at radius 3 is 2.76 bits per heavy atom. The molecule has 0 radical (unpaired) electrons. The van der Waals surface area contributed by atoms with Crippen molar-refractivity contribution >= 4 is 26.5 Å². The van der Waals surface area contributed by atoms with Crippen LogP contribution in [0, 0.1) is 5.92 Å². The molecule has 7 nitrogen and oxygen atoms in total. The first-order chi connectivity index (χ1) is 9.90. The van der Waals surface area contributed by atoms with E-state index in [-0.39, 0.29) is 5.09 Å². The highest BCUT2D eigenvalue weighted by Gasteiger charge is 2.16. The first-order valence-electron chi connectivity index (χ1n) is 6.49. The monoisotopic (exact) mass is 330 g/mol. The summed E-state index contributed by atoms with van der Waals surface area (Å²) in [5.41, 5.74) is 0. The second kappa shape index (κ2) is 6.54. The molecule has 2 aromatic rings. The van der Waals surface area contributed by atoms with E-state index in [0.717, 1.165) is 11.4 Å². The lowest BCUT2D eigenvalue weighted by molar-refractivity contribution is 0.417. The maximum Gasteiger partial charge on any atom is 0.273 e. The topological polar surface area (TPSA) is 97.1 Å². The van der Waals surface area contributed by atoms with Gasteiger partial charge in [0.25, 0.3) is 10.0 Å². The van der Waals surface area contributed by atoms with Crippen molar-refractivity contribution in [2.45, 2.75) is 31.9 Å².